The molecule has 0 radical (unpaired) electrons. The zero-order chi connectivity index (χ0) is 15.5. The van der Waals surface area contributed by atoms with E-state index in [1.165, 1.54) is 16.1 Å². The lowest BCUT2D eigenvalue weighted by molar-refractivity contribution is 0.450. The van der Waals surface area contributed by atoms with Gasteiger partial charge in [0.05, 0.1) is 22.5 Å². The van der Waals surface area contributed by atoms with Gasteiger partial charge >= 0.3 is 0 Å². The highest BCUT2D eigenvalue weighted by Gasteiger charge is 2.17. The molecule has 0 spiro atoms. The molecule has 3 nitrogen and oxygen atoms in total. The molecule has 0 saturated heterocycles. The molecule has 116 valence electrons. The fourth-order valence-corrected chi connectivity index (χ4v) is 4.75. The van der Waals surface area contributed by atoms with Crippen LogP contribution in [0.2, 0.25) is 0 Å². The summed E-state index contributed by atoms with van der Waals surface area (Å²) in [7, 11) is 0. The Morgan fingerprint density at radius 1 is 1.04 bits per heavy atom. The lowest BCUT2D eigenvalue weighted by Gasteiger charge is -2.20. The van der Waals surface area contributed by atoms with E-state index >= 15 is 0 Å². The normalized spacial score (nSPS) is 14.4. The summed E-state index contributed by atoms with van der Waals surface area (Å²) in [4.78, 5) is 11.8. The molecule has 5 heteroatoms. The van der Waals surface area contributed by atoms with E-state index in [1.807, 2.05) is 6.07 Å². The van der Waals surface area contributed by atoms with Crippen molar-refractivity contribution in [1.29, 1.82) is 0 Å². The number of hydrogen-bond acceptors (Lipinski definition) is 5. The Morgan fingerprint density at radius 3 is 2.74 bits per heavy atom. The molecular formula is C18H17N3S2. The number of rotatable bonds is 5. The monoisotopic (exact) mass is 339 g/mol. The first-order chi connectivity index (χ1) is 11.4. The zero-order valence-electron chi connectivity index (χ0n) is 12.7. The van der Waals surface area contributed by atoms with Gasteiger partial charge in [-0.3, -0.25) is 4.99 Å². The number of fused-ring (bicyclic) bond motifs is 1. The first-order valence-corrected chi connectivity index (χ1v) is 9.49. The second-order valence-corrected chi connectivity index (χ2v) is 7.69. The Bertz CT molecular complexity index is 793. The van der Waals surface area contributed by atoms with Gasteiger partial charge in [-0.05, 0) is 17.7 Å². The average Bonchev–Trinajstić information content (AvgIpc) is 3.20. The van der Waals surface area contributed by atoms with Crippen molar-refractivity contribution in [3.05, 3.63) is 60.2 Å². The first kappa shape index (κ1) is 14.7. The van der Waals surface area contributed by atoms with Crippen LogP contribution in [0.4, 0.5) is 0 Å². The van der Waals surface area contributed by atoms with Gasteiger partial charge < -0.3 is 4.90 Å². The molecule has 0 aliphatic carbocycles. The summed E-state index contributed by atoms with van der Waals surface area (Å²) in [5.74, 6) is 2.09. The van der Waals surface area contributed by atoms with E-state index < -0.39 is 0 Å². The van der Waals surface area contributed by atoms with Gasteiger partial charge in [0.25, 0.3) is 0 Å². The zero-order valence-corrected chi connectivity index (χ0v) is 14.3. The predicted octanol–water partition coefficient (Wildman–Crippen LogP) is 4.30. The van der Waals surface area contributed by atoms with Crippen LogP contribution in [0.5, 0.6) is 0 Å². The minimum atomic E-state index is 0.895. The van der Waals surface area contributed by atoms with Crippen LogP contribution in [0, 0.1) is 0 Å². The molecule has 0 N–H and O–H groups in total. The van der Waals surface area contributed by atoms with E-state index in [0.29, 0.717) is 0 Å². The Labute approximate surface area is 144 Å². The number of aliphatic imine (C=N–C) groups is 1. The van der Waals surface area contributed by atoms with Gasteiger partial charge in [0, 0.05) is 13.1 Å². The fourth-order valence-electron chi connectivity index (χ4n) is 2.68. The van der Waals surface area contributed by atoms with Crippen molar-refractivity contribution in [2.45, 2.75) is 10.9 Å². The summed E-state index contributed by atoms with van der Waals surface area (Å²) in [5, 5.41) is 0. The van der Waals surface area contributed by atoms with Crippen LogP contribution >= 0.6 is 23.1 Å². The van der Waals surface area contributed by atoms with E-state index in [1.54, 1.807) is 23.1 Å². The highest BCUT2D eigenvalue weighted by atomic mass is 32.2. The van der Waals surface area contributed by atoms with Crippen LogP contribution < -0.4 is 0 Å². The van der Waals surface area contributed by atoms with Crippen molar-refractivity contribution < 1.29 is 0 Å². The van der Waals surface area contributed by atoms with Crippen LogP contribution in [0.1, 0.15) is 5.56 Å². The molecule has 3 aromatic rings. The van der Waals surface area contributed by atoms with E-state index in [9.17, 15) is 0 Å². The van der Waals surface area contributed by atoms with E-state index in [4.69, 9.17) is 4.98 Å². The molecule has 2 aromatic carbocycles. The summed E-state index contributed by atoms with van der Waals surface area (Å²) in [5.41, 5.74) is 2.43. The van der Waals surface area contributed by atoms with Crippen LogP contribution in [-0.4, -0.2) is 34.6 Å². The number of thioether (sulfide) groups is 1. The molecule has 0 unspecified atom stereocenters. The van der Waals surface area contributed by atoms with Gasteiger partial charge in [-0.2, -0.15) is 0 Å². The fraction of sp³-hybridized carbons (Fsp3) is 0.222. The molecule has 2 heterocycles. The average molecular weight is 339 g/mol. The molecule has 1 aliphatic heterocycles. The Balaban J connectivity index is 1.41. The molecule has 1 aromatic heterocycles. The van der Waals surface area contributed by atoms with E-state index in [2.05, 4.69) is 58.4 Å². The number of para-hydroxylation sites is 1. The quantitative estimate of drug-likeness (QED) is 0.649. The van der Waals surface area contributed by atoms with E-state index in [-0.39, 0.29) is 0 Å². The van der Waals surface area contributed by atoms with Gasteiger partial charge in [-0.25, -0.2) is 4.98 Å². The van der Waals surface area contributed by atoms with Crippen LogP contribution in [0.3, 0.4) is 0 Å². The second-order valence-electron chi connectivity index (χ2n) is 5.44. The van der Waals surface area contributed by atoms with Crippen molar-refractivity contribution in [2.75, 3.05) is 18.8 Å². The second kappa shape index (κ2) is 6.72. The largest absolute Gasteiger partial charge is 0.353 e. The van der Waals surface area contributed by atoms with Gasteiger partial charge in [-0.1, -0.05) is 54.2 Å². The summed E-state index contributed by atoms with van der Waals surface area (Å²) >= 11 is 3.56. The first-order valence-electron chi connectivity index (χ1n) is 7.69. The van der Waals surface area contributed by atoms with Crippen LogP contribution in [0.25, 0.3) is 10.2 Å². The third-order valence-corrected chi connectivity index (χ3v) is 6.02. The molecule has 0 saturated carbocycles. The molecule has 1 aliphatic rings. The Hall–Kier alpha value is -1.85. The van der Waals surface area contributed by atoms with Crippen LogP contribution in [-0.2, 0) is 6.54 Å². The van der Waals surface area contributed by atoms with Crippen LogP contribution in [0.15, 0.2) is 63.9 Å². The summed E-state index contributed by atoms with van der Waals surface area (Å²) < 4.78 is 2.38. The third-order valence-electron chi connectivity index (χ3n) is 3.84. The lowest BCUT2D eigenvalue weighted by atomic mass is 10.2. The summed E-state index contributed by atoms with van der Waals surface area (Å²) in [6.07, 6.45) is 0. The molecule has 0 fully saturated rings. The minimum absolute atomic E-state index is 0.895. The standard InChI is InChI=1S/C18H17N3S2/c1-2-6-14(7-3-1)12-21-11-10-19-17(21)13-22-18-20-15-8-4-5-9-16(15)23-18/h1-9H,10-13H2. The number of amidine groups is 1. The molecule has 0 atom stereocenters. The molecule has 4 rings (SSSR count). The molecule has 0 amide bonds. The number of hydrogen-bond donors (Lipinski definition) is 0. The van der Waals surface area contributed by atoms with Gasteiger partial charge in [-0.15, -0.1) is 11.3 Å². The summed E-state index contributed by atoms with van der Waals surface area (Å²) in [6.45, 7) is 2.87. The van der Waals surface area contributed by atoms with Crippen molar-refractivity contribution in [2.24, 2.45) is 4.99 Å². The van der Waals surface area contributed by atoms with Crippen molar-refractivity contribution in [3.63, 3.8) is 0 Å². The SMILES string of the molecule is c1ccc(CN2CCN=C2CSc2nc3ccccc3s2)cc1. The molecular weight excluding hydrogens is 322 g/mol. The Morgan fingerprint density at radius 2 is 1.87 bits per heavy atom. The Kier molecular flexibility index (Phi) is 4.30. The topological polar surface area (TPSA) is 28.5 Å². The van der Waals surface area contributed by atoms with Gasteiger partial charge in [0.1, 0.15) is 5.84 Å². The van der Waals surface area contributed by atoms with Crippen molar-refractivity contribution in [1.82, 2.24) is 9.88 Å². The number of aromatic nitrogens is 1. The predicted molar refractivity (Wildman–Crippen MR) is 99.5 cm³/mol. The van der Waals surface area contributed by atoms with Crippen molar-refractivity contribution >= 4 is 39.2 Å². The minimum Gasteiger partial charge on any atom is -0.353 e. The molecule has 23 heavy (non-hydrogen) atoms. The highest BCUT2D eigenvalue weighted by molar-refractivity contribution is 8.01. The maximum absolute atomic E-state index is 4.69. The van der Waals surface area contributed by atoms with E-state index in [0.717, 1.165) is 35.2 Å². The lowest BCUT2D eigenvalue weighted by Crippen LogP contribution is -2.28. The highest BCUT2D eigenvalue weighted by Crippen LogP contribution is 2.30. The number of nitrogens with zero attached hydrogens (tertiary/aromatic N) is 3. The molecule has 0 bridgehead atoms. The number of benzene rings is 2. The number of thiazole rings is 1. The van der Waals surface area contributed by atoms with Gasteiger partial charge in [0.2, 0.25) is 0 Å². The van der Waals surface area contributed by atoms with Crippen molar-refractivity contribution in [3.8, 4) is 0 Å². The maximum atomic E-state index is 4.69. The third kappa shape index (κ3) is 3.41. The maximum Gasteiger partial charge on any atom is 0.151 e. The smallest absolute Gasteiger partial charge is 0.151 e. The summed E-state index contributed by atoms with van der Waals surface area (Å²) in [6, 6.07) is 18.9. The van der Waals surface area contributed by atoms with Gasteiger partial charge in [0.15, 0.2) is 4.34 Å².